The lowest BCUT2D eigenvalue weighted by atomic mass is 9.93. The van der Waals surface area contributed by atoms with Gasteiger partial charge >= 0.3 is 0 Å². The van der Waals surface area contributed by atoms with E-state index in [1.165, 1.54) is 100 Å². The topological polar surface area (TPSA) is 27.7 Å². The molecule has 4 aromatic rings. The molecule has 4 heteroatoms. The first kappa shape index (κ1) is 45.9. The minimum absolute atomic E-state index is 0. The Hall–Kier alpha value is -3.28. The monoisotopic (exact) mass is 722 g/mol. The number of nitrogens with one attached hydrogen (secondary N) is 1. The summed E-state index contributed by atoms with van der Waals surface area (Å²) in [6, 6.07) is 43.1. The van der Waals surface area contributed by atoms with Crippen molar-refractivity contribution in [3.8, 4) is 0 Å². The summed E-state index contributed by atoms with van der Waals surface area (Å²) < 4.78 is 6.36. The van der Waals surface area contributed by atoms with Crippen LogP contribution < -0.4 is 5.32 Å². The molecule has 0 spiro atoms. The zero-order valence-corrected chi connectivity index (χ0v) is 33.6. The Morgan fingerprint density at radius 1 is 0.528 bits per heavy atom. The van der Waals surface area contributed by atoms with Crippen LogP contribution in [0, 0.1) is 11.8 Å². The molecule has 1 N–H and O–H groups in total. The number of benzene rings is 4. The fourth-order valence-electron chi connectivity index (χ4n) is 7.33. The van der Waals surface area contributed by atoms with Crippen LogP contribution in [0.5, 0.6) is 0 Å². The molecule has 2 heterocycles. The molecule has 0 atom stereocenters. The largest absolute Gasteiger partial charge is 0.369 e. The third kappa shape index (κ3) is 16.3. The first-order valence-electron chi connectivity index (χ1n) is 20.7. The molecule has 0 bridgehead atoms. The maximum atomic E-state index is 6.36. The Morgan fingerprint density at radius 2 is 0.868 bits per heavy atom. The number of hydrogen-bond donors (Lipinski definition) is 1. The van der Waals surface area contributed by atoms with Gasteiger partial charge in [-0.1, -0.05) is 170 Å². The third-order valence-electron chi connectivity index (χ3n) is 10.5. The summed E-state index contributed by atoms with van der Waals surface area (Å²) >= 11 is 0. The van der Waals surface area contributed by atoms with Crippen molar-refractivity contribution in [2.24, 2.45) is 11.8 Å². The number of nitrogens with zero attached hydrogens (tertiary/aromatic N) is 2. The van der Waals surface area contributed by atoms with Crippen LogP contribution in [0.4, 0.5) is 0 Å². The minimum atomic E-state index is 0. The number of hydrogen-bond acceptors (Lipinski definition) is 4. The lowest BCUT2D eigenvalue weighted by Crippen LogP contribution is -2.34. The van der Waals surface area contributed by atoms with E-state index in [1.807, 2.05) is 27.7 Å². The van der Waals surface area contributed by atoms with E-state index in [9.17, 15) is 0 Å². The first-order chi connectivity index (χ1) is 25.7. The molecule has 0 amide bonds. The van der Waals surface area contributed by atoms with E-state index in [-0.39, 0.29) is 13.5 Å². The van der Waals surface area contributed by atoms with Gasteiger partial charge in [0.2, 0.25) is 0 Å². The fraction of sp³-hybridized carbons (Fsp3) is 0.510. The molecule has 292 valence electrons. The Labute approximate surface area is 326 Å². The fourth-order valence-corrected chi connectivity index (χ4v) is 7.33. The van der Waals surface area contributed by atoms with Gasteiger partial charge in [0.15, 0.2) is 0 Å². The van der Waals surface area contributed by atoms with Crippen molar-refractivity contribution >= 4 is 0 Å². The van der Waals surface area contributed by atoms with Gasteiger partial charge in [-0.15, -0.1) is 0 Å². The van der Waals surface area contributed by atoms with Crippen LogP contribution >= 0.6 is 0 Å². The molecule has 2 aliphatic rings. The zero-order valence-electron chi connectivity index (χ0n) is 33.6. The molecule has 2 aliphatic heterocycles. The van der Waals surface area contributed by atoms with E-state index in [4.69, 9.17) is 4.74 Å². The van der Waals surface area contributed by atoms with Crippen LogP contribution in [-0.4, -0.2) is 62.2 Å². The van der Waals surface area contributed by atoms with Crippen LogP contribution in [0.25, 0.3) is 0 Å². The van der Waals surface area contributed by atoms with Crippen molar-refractivity contribution in [3.63, 3.8) is 0 Å². The van der Waals surface area contributed by atoms with Crippen LogP contribution in [-0.2, 0) is 4.74 Å². The van der Waals surface area contributed by atoms with Gasteiger partial charge in [-0.25, -0.2) is 0 Å². The molecule has 4 nitrogen and oxygen atoms in total. The summed E-state index contributed by atoms with van der Waals surface area (Å²) in [4.78, 5) is 5.12. The summed E-state index contributed by atoms with van der Waals surface area (Å²) in [6.07, 6.45) is 7.86. The molecule has 2 saturated heterocycles. The second-order valence-electron chi connectivity index (χ2n) is 13.6. The quantitative estimate of drug-likeness (QED) is 0.140. The molecular formula is C49H75N3O. The third-order valence-corrected chi connectivity index (χ3v) is 10.5. The van der Waals surface area contributed by atoms with Crippen LogP contribution in [0.3, 0.4) is 0 Å². The molecule has 2 fully saturated rings. The van der Waals surface area contributed by atoms with Gasteiger partial charge in [-0.2, -0.15) is 0 Å². The molecule has 0 radical (unpaired) electrons. The van der Waals surface area contributed by atoms with Crippen molar-refractivity contribution < 1.29 is 4.74 Å². The molecule has 6 rings (SSSR count). The number of ether oxygens (including phenoxy) is 1. The van der Waals surface area contributed by atoms with E-state index in [0.717, 1.165) is 25.0 Å². The molecule has 0 aliphatic carbocycles. The van der Waals surface area contributed by atoms with Gasteiger partial charge in [-0.3, -0.25) is 0 Å². The molecule has 0 aromatic heterocycles. The molecule has 0 saturated carbocycles. The summed E-state index contributed by atoms with van der Waals surface area (Å²) in [5.74, 6) is 1.70. The van der Waals surface area contributed by atoms with E-state index in [0.29, 0.717) is 6.04 Å². The Morgan fingerprint density at radius 3 is 1.23 bits per heavy atom. The highest BCUT2D eigenvalue weighted by Crippen LogP contribution is 2.28. The predicted molar refractivity (Wildman–Crippen MR) is 232 cm³/mol. The molecular weight excluding hydrogens is 647 g/mol. The Kier molecular flexibility index (Phi) is 24.4. The van der Waals surface area contributed by atoms with Gasteiger partial charge in [0.1, 0.15) is 6.10 Å². The van der Waals surface area contributed by atoms with Crippen molar-refractivity contribution in [1.82, 2.24) is 15.1 Å². The van der Waals surface area contributed by atoms with Gasteiger partial charge in [-0.05, 0) is 118 Å². The van der Waals surface area contributed by atoms with Gasteiger partial charge in [0.05, 0.1) is 6.04 Å². The van der Waals surface area contributed by atoms with E-state index in [2.05, 4.69) is 150 Å². The van der Waals surface area contributed by atoms with Crippen molar-refractivity contribution in [3.05, 3.63) is 144 Å². The zero-order chi connectivity index (χ0) is 37.2. The van der Waals surface area contributed by atoms with E-state index >= 15 is 0 Å². The minimum Gasteiger partial charge on any atom is -0.369 e. The lowest BCUT2D eigenvalue weighted by Gasteiger charge is -2.31. The van der Waals surface area contributed by atoms with Gasteiger partial charge in [0.25, 0.3) is 0 Å². The summed E-state index contributed by atoms with van der Waals surface area (Å²) in [5, 5.41) is 3.81. The number of piperidine rings is 2. The Balaban J connectivity index is 0.000000330. The molecule has 0 unspecified atom stereocenters. The normalized spacial score (nSPS) is 15.2. The SMILES string of the molecule is C.CC.CC.CCN1CCC(CCNC(c2ccccc2)c2ccccc2)CC1.CCN1CCC(CCOC(c2ccccc2)c2ccccc2)CC1. The number of likely N-dealkylation sites (tertiary alicyclic amines) is 2. The van der Waals surface area contributed by atoms with Crippen molar-refractivity contribution in [2.45, 2.75) is 99.6 Å². The Bertz CT molecular complexity index is 1180. The van der Waals surface area contributed by atoms with E-state index < -0.39 is 0 Å². The second-order valence-corrected chi connectivity index (χ2v) is 13.6. The summed E-state index contributed by atoms with van der Waals surface area (Å²) in [5.41, 5.74) is 5.18. The summed E-state index contributed by atoms with van der Waals surface area (Å²) in [7, 11) is 0. The molecule has 4 aromatic carbocycles. The van der Waals surface area contributed by atoms with Crippen LogP contribution in [0.1, 0.15) is 122 Å². The highest BCUT2D eigenvalue weighted by Gasteiger charge is 2.21. The number of rotatable bonds is 14. The van der Waals surface area contributed by atoms with Crippen LogP contribution in [0.15, 0.2) is 121 Å². The second kappa shape index (κ2) is 28.2. The van der Waals surface area contributed by atoms with Crippen LogP contribution in [0.2, 0.25) is 0 Å². The maximum Gasteiger partial charge on any atom is 0.108 e. The summed E-state index contributed by atoms with van der Waals surface area (Å²) in [6.45, 7) is 21.9. The lowest BCUT2D eigenvalue weighted by molar-refractivity contribution is 0.0606. The van der Waals surface area contributed by atoms with Crippen molar-refractivity contribution in [1.29, 1.82) is 0 Å². The van der Waals surface area contributed by atoms with E-state index in [1.54, 1.807) is 0 Å². The van der Waals surface area contributed by atoms with Crippen molar-refractivity contribution in [2.75, 3.05) is 52.4 Å². The maximum absolute atomic E-state index is 6.36. The average molecular weight is 722 g/mol. The highest BCUT2D eigenvalue weighted by molar-refractivity contribution is 5.32. The standard InChI is InChI=1S/C22H30N2.C22H29NO.2C2H6.CH4/c1-2-24-17-14-19(15-18-24)13-16-23-22(20-9-5-3-6-10-20)21-11-7-4-8-12-21;1-2-23-16-13-19(14-17-23)15-18-24-22(20-9-5-3-6-10-20)21-11-7-4-8-12-21;2*1-2;/h3-12,19,22-23H,2,13-18H2,1H3;3-12,19,22H,2,13-18H2,1H3;2*1-2H3;1H4. The first-order valence-corrected chi connectivity index (χ1v) is 20.7. The van der Waals surface area contributed by atoms with Gasteiger partial charge in [0, 0.05) is 6.61 Å². The van der Waals surface area contributed by atoms with Gasteiger partial charge < -0.3 is 19.9 Å². The highest BCUT2D eigenvalue weighted by atomic mass is 16.5. The predicted octanol–water partition coefficient (Wildman–Crippen LogP) is 12.1. The average Bonchev–Trinajstić information content (AvgIpc) is 3.24. The smallest absolute Gasteiger partial charge is 0.108 e. The molecule has 53 heavy (non-hydrogen) atoms.